The number of aromatic nitrogens is 3. The Morgan fingerprint density at radius 2 is 1.38 bits per heavy atom. The first-order valence-electron chi connectivity index (χ1n) is 8.18. The zero-order chi connectivity index (χ0) is 17.6. The summed E-state index contributed by atoms with van der Waals surface area (Å²) < 4.78 is 10.4. The lowest BCUT2D eigenvalue weighted by molar-refractivity contribution is -0.137. The largest absolute Gasteiger partial charge is 0.463 e. The molecule has 0 radical (unpaired) electrons. The Bertz CT molecular complexity index is 495. The minimum Gasteiger partial charge on any atom is -0.463 e. The first kappa shape index (κ1) is 20.8. The number of esters is 1. The minimum atomic E-state index is -0.342. The number of nitrogens with zero attached hydrogens (tertiary/aromatic N) is 3. The molecule has 134 valence electrons. The van der Waals surface area contributed by atoms with Crippen LogP contribution in [0.15, 0.2) is 23.0 Å². The van der Waals surface area contributed by atoms with Crippen LogP contribution in [0.2, 0.25) is 0 Å². The molecule has 0 aromatic carbocycles. The van der Waals surface area contributed by atoms with E-state index in [1.165, 1.54) is 31.8 Å². The number of carbonyl (C=O) groups excluding carboxylic acids is 1. The summed E-state index contributed by atoms with van der Waals surface area (Å²) in [6.07, 6.45) is 10.0. The lowest BCUT2D eigenvalue weighted by Gasteiger charge is -2.05. The van der Waals surface area contributed by atoms with Crippen molar-refractivity contribution in [1.29, 1.82) is 0 Å². The molecule has 1 heterocycles. The Morgan fingerprint density at radius 3 is 1.92 bits per heavy atom. The quantitative estimate of drug-likeness (QED) is 0.238. The summed E-state index contributed by atoms with van der Waals surface area (Å²) >= 11 is 8.10. The fourth-order valence-electron chi connectivity index (χ4n) is 2.06. The van der Waals surface area contributed by atoms with Crippen molar-refractivity contribution in [2.75, 3.05) is 13.2 Å². The molecule has 1 aromatic rings. The Hall–Kier alpha value is -1.28. The van der Waals surface area contributed by atoms with Crippen LogP contribution < -0.4 is 4.74 Å². The van der Waals surface area contributed by atoms with Crippen LogP contribution in [-0.4, -0.2) is 34.1 Å². The van der Waals surface area contributed by atoms with E-state index < -0.39 is 0 Å². The molecule has 0 bridgehead atoms. The maximum absolute atomic E-state index is 10.8. The van der Waals surface area contributed by atoms with Gasteiger partial charge in [-0.3, -0.25) is 0 Å². The number of carbonyl (C=O) groups is 1. The highest BCUT2D eigenvalue weighted by molar-refractivity contribution is 7.80. The molecular formula is C16H25N3O3S2. The summed E-state index contributed by atoms with van der Waals surface area (Å²) in [6, 6.07) is 0.275. The standard InChI is InChI=1S/C16H25N3O3S2/c1-2-13(20)21-11-9-7-5-3-4-6-8-10-12-22-14-17-15(23)19-16(24)18-14/h2H,1,3-12H2,(H2,17,18,19,23,24). The molecule has 0 unspecified atom stereocenters. The molecule has 1 aromatic heterocycles. The Balaban J connectivity index is 1.88. The Labute approximate surface area is 154 Å². The summed E-state index contributed by atoms with van der Waals surface area (Å²) in [5.74, 6) is -0.342. The zero-order valence-electron chi connectivity index (χ0n) is 13.8. The molecule has 0 fully saturated rings. The van der Waals surface area contributed by atoms with E-state index >= 15 is 0 Å². The smallest absolute Gasteiger partial charge is 0.330 e. The van der Waals surface area contributed by atoms with Gasteiger partial charge in [0.1, 0.15) is 0 Å². The molecule has 0 aliphatic carbocycles. The minimum absolute atomic E-state index is 0.275. The van der Waals surface area contributed by atoms with Crippen LogP contribution in [-0.2, 0) is 9.53 Å². The third-order valence-electron chi connectivity index (χ3n) is 3.27. The average Bonchev–Trinajstić information content (AvgIpc) is 2.54. The van der Waals surface area contributed by atoms with Gasteiger partial charge in [-0.1, -0.05) is 45.1 Å². The van der Waals surface area contributed by atoms with Crippen LogP contribution in [0, 0.1) is 0 Å². The van der Waals surface area contributed by atoms with E-state index in [-0.39, 0.29) is 12.0 Å². The van der Waals surface area contributed by atoms with Crippen LogP contribution in [0.1, 0.15) is 51.4 Å². The van der Waals surface area contributed by atoms with Gasteiger partial charge in [0.2, 0.25) is 0 Å². The van der Waals surface area contributed by atoms with Crippen LogP contribution in [0.4, 0.5) is 0 Å². The highest BCUT2D eigenvalue weighted by Crippen LogP contribution is 2.11. The van der Waals surface area contributed by atoms with Crippen molar-refractivity contribution in [2.45, 2.75) is 61.7 Å². The predicted molar refractivity (Wildman–Crippen MR) is 97.9 cm³/mol. The zero-order valence-corrected chi connectivity index (χ0v) is 15.6. The topological polar surface area (TPSA) is 74.2 Å². The third-order valence-corrected chi connectivity index (χ3v) is 3.67. The summed E-state index contributed by atoms with van der Waals surface area (Å²) in [4.78, 5) is 22.6. The molecule has 0 saturated heterocycles. The molecule has 0 aliphatic rings. The van der Waals surface area contributed by atoms with Gasteiger partial charge in [-0.2, -0.15) is 15.0 Å². The summed E-state index contributed by atoms with van der Waals surface area (Å²) in [5, 5.41) is 0.619. The van der Waals surface area contributed by atoms with Gasteiger partial charge < -0.3 is 9.47 Å². The molecule has 8 heteroatoms. The number of rotatable bonds is 13. The van der Waals surface area contributed by atoms with E-state index in [1.54, 1.807) is 0 Å². The Kier molecular flexibility index (Phi) is 11.3. The lowest BCUT2D eigenvalue weighted by Crippen LogP contribution is -2.03. The first-order chi connectivity index (χ1) is 11.6. The van der Waals surface area contributed by atoms with Crippen molar-refractivity contribution >= 4 is 31.2 Å². The van der Waals surface area contributed by atoms with Crippen molar-refractivity contribution in [3.05, 3.63) is 12.7 Å². The molecular weight excluding hydrogens is 346 g/mol. The second-order valence-corrected chi connectivity index (χ2v) is 6.07. The van der Waals surface area contributed by atoms with E-state index in [4.69, 9.17) is 9.47 Å². The van der Waals surface area contributed by atoms with Crippen LogP contribution >= 0.6 is 25.3 Å². The van der Waals surface area contributed by atoms with Crippen molar-refractivity contribution in [3.63, 3.8) is 0 Å². The third kappa shape index (κ3) is 10.5. The summed E-state index contributed by atoms with van der Waals surface area (Å²) in [7, 11) is 0. The van der Waals surface area contributed by atoms with Gasteiger partial charge in [0, 0.05) is 6.08 Å². The molecule has 0 saturated carbocycles. The van der Waals surface area contributed by atoms with Crippen molar-refractivity contribution in [2.24, 2.45) is 0 Å². The second kappa shape index (κ2) is 13.1. The van der Waals surface area contributed by atoms with E-state index in [2.05, 4.69) is 46.8 Å². The highest BCUT2D eigenvalue weighted by atomic mass is 32.1. The summed E-state index contributed by atoms with van der Waals surface area (Å²) in [6.45, 7) is 4.43. The molecule has 0 spiro atoms. The number of hydrogen-bond donors (Lipinski definition) is 2. The maximum atomic E-state index is 10.8. The van der Waals surface area contributed by atoms with Gasteiger partial charge in [-0.15, -0.1) is 25.3 Å². The van der Waals surface area contributed by atoms with Gasteiger partial charge in [-0.05, 0) is 12.8 Å². The van der Waals surface area contributed by atoms with Gasteiger partial charge >= 0.3 is 12.0 Å². The van der Waals surface area contributed by atoms with E-state index in [1.807, 2.05) is 0 Å². The second-order valence-electron chi connectivity index (χ2n) is 5.27. The fraction of sp³-hybridized carbons (Fsp3) is 0.625. The molecule has 0 atom stereocenters. The van der Waals surface area contributed by atoms with Crippen LogP contribution in [0.5, 0.6) is 6.01 Å². The molecule has 0 N–H and O–H groups in total. The normalized spacial score (nSPS) is 10.4. The van der Waals surface area contributed by atoms with Crippen LogP contribution in [0.3, 0.4) is 0 Å². The van der Waals surface area contributed by atoms with Crippen molar-refractivity contribution in [3.8, 4) is 6.01 Å². The maximum Gasteiger partial charge on any atom is 0.330 e. The molecule has 0 amide bonds. The predicted octanol–water partition coefficient (Wildman–Crippen LogP) is 3.68. The lowest BCUT2D eigenvalue weighted by atomic mass is 10.1. The number of thiol groups is 2. The van der Waals surface area contributed by atoms with Gasteiger partial charge in [0.15, 0.2) is 10.3 Å². The van der Waals surface area contributed by atoms with Gasteiger partial charge in [-0.25, -0.2) is 4.79 Å². The molecule has 1 rings (SSSR count). The number of unbranched alkanes of at least 4 members (excludes halogenated alkanes) is 7. The van der Waals surface area contributed by atoms with Gasteiger partial charge in [0.25, 0.3) is 0 Å². The first-order valence-corrected chi connectivity index (χ1v) is 9.07. The van der Waals surface area contributed by atoms with Crippen molar-refractivity contribution < 1.29 is 14.3 Å². The number of ether oxygens (including phenoxy) is 2. The summed E-state index contributed by atoms with van der Waals surface area (Å²) in [5.41, 5.74) is 0. The molecule has 6 nitrogen and oxygen atoms in total. The van der Waals surface area contributed by atoms with Gasteiger partial charge in [0.05, 0.1) is 13.2 Å². The van der Waals surface area contributed by atoms with Crippen LogP contribution in [0.25, 0.3) is 0 Å². The number of hydrogen-bond acceptors (Lipinski definition) is 8. The molecule has 0 aliphatic heterocycles. The monoisotopic (exact) mass is 371 g/mol. The fourth-order valence-corrected chi connectivity index (χ4v) is 2.50. The van der Waals surface area contributed by atoms with E-state index in [0.717, 1.165) is 25.7 Å². The van der Waals surface area contributed by atoms with E-state index in [9.17, 15) is 4.79 Å². The van der Waals surface area contributed by atoms with Crippen molar-refractivity contribution in [1.82, 2.24) is 15.0 Å². The SMILES string of the molecule is C=CC(=O)OCCCCCCCCCCOc1nc(S)nc(S)n1. The molecule has 24 heavy (non-hydrogen) atoms. The highest BCUT2D eigenvalue weighted by Gasteiger charge is 2.02. The van der Waals surface area contributed by atoms with E-state index in [0.29, 0.717) is 23.5 Å². The Morgan fingerprint density at radius 1 is 0.875 bits per heavy atom. The average molecular weight is 372 g/mol.